The molecule has 3 aromatic rings. The number of rotatable bonds is 4. The van der Waals surface area contributed by atoms with Crippen LogP contribution in [0.1, 0.15) is 6.42 Å². The summed E-state index contributed by atoms with van der Waals surface area (Å²) in [6.45, 7) is 1.43. The zero-order chi connectivity index (χ0) is 12.4. The van der Waals surface area contributed by atoms with E-state index in [1.165, 1.54) is 0 Å². The number of aryl methyl sites for hydroxylation is 2. The molecule has 0 N–H and O–H groups in total. The highest BCUT2D eigenvalue weighted by Crippen LogP contribution is 2.06. The van der Waals surface area contributed by atoms with Crippen molar-refractivity contribution < 1.29 is 0 Å². The lowest BCUT2D eigenvalue weighted by atomic mass is 10.4. The van der Waals surface area contributed by atoms with Crippen LogP contribution in [0.2, 0.25) is 0 Å². The summed E-state index contributed by atoms with van der Waals surface area (Å²) >= 11 is 1.13. The molecular weight excluding hydrogens is 252 g/mol. The highest BCUT2D eigenvalue weighted by atomic mass is 32.1. The standard InChI is InChI=1S/C10H10N6OS/c17-10-8-9(18-14-13-8)12-7-16(10)4-1-3-15-5-2-11-6-15/h2,5-7H,1,3-4H2. The molecule has 0 unspecified atom stereocenters. The molecule has 7 nitrogen and oxygen atoms in total. The molecule has 0 spiro atoms. The monoisotopic (exact) mass is 262 g/mol. The van der Waals surface area contributed by atoms with E-state index in [0.29, 0.717) is 16.9 Å². The Morgan fingerprint density at radius 1 is 1.28 bits per heavy atom. The molecular formula is C10H10N6OS. The molecule has 0 aliphatic heterocycles. The maximum absolute atomic E-state index is 12.0. The molecule has 92 valence electrons. The van der Waals surface area contributed by atoms with Gasteiger partial charge in [-0.15, -0.1) is 5.10 Å². The van der Waals surface area contributed by atoms with Gasteiger partial charge in [-0.2, -0.15) is 0 Å². The number of hydrogen-bond donors (Lipinski definition) is 0. The van der Waals surface area contributed by atoms with Gasteiger partial charge in [-0.25, -0.2) is 9.97 Å². The van der Waals surface area contributed by atoms with Crippen LogP contribution in [0.5, 0.6) is 0 Å². The molecule has 0 aliphatic rings. The maximum atomic E-state index is 12.0. The molecule has 0 fully saturated rings. The summed E-state index contributed by atoms with van der Waals surface area (Å²) < 4.78 is 7.27. The summed E-state index contributed by atoms with van der Waals surface area (Å²) in [5.74, 6) is 0. The molecule has 0 radical (unpaired) electrons. The first-order chi connectivity index (χ1) is 8.84. The topological polar surface area (TPSA) is 78.5 Å². The summed E-state index contributed by atoms with van der Waals surface area (Å²) in [6.07, 6.45) is 7.78. The first-order valence-corrected chi connectivity index (χ1v) is 6.25. The molecule has 3 heterocycles. The number of hydrogen-bond acceptors (Lipinski definition) is 6. The molecule has 0 atom stereocenters. The van der Waals surface area contributed by atoms with Gasteiger partial charge < -0.3 is 4.57 Å². The van der Waals surface area contributed by atoms with E-state index in [4.69, 9.17) is 0 Å². The second-order valence-electron chi connectivity index (χ2n) is 3.82. The average Bonchev–Trinajstić information content (AvgIpc) is 3.02. The summed E-state index contributed by atoms with van der Waals surface area (Å²) in [7, 11) is 0. The maximum Gasteiger partial charge on any atom is 0.282 e. The fourth-order valence-corrected chi connectivity index (χ4v) is 2.23. The highest BCUT2D eigenvalue weighted by molar-refractivity contribution is 7.12. The van der Waals surface area contributed by atoms with Crippen LogP contribution in [0.4, 0.5) is 0 Å². The molecule has 0 amide bonds. The van der Waals surface area contributed by atoms with E-state index < -0.39 is 0 Å². The Morgan fingerprint density at radius 2 is 2.22 bits per heavy atom. The second kappa shape index (κ2) is 4.65. The van der Waals surface area contributed by atoms with Crippen molar-refractivity contribution in [2.24, 2.45) is 0 Å². The highest BCUT2D eigenvalue weighted by Gasteiger charge is 2.07. The molecule has 8 heteroatoms. The predicted octanol–water partition coefficient (Wildman–Crippen LogP) is 0.535. The minimum absolute atomic E-state index is 0.126. The SMILES string of the molecule is O=c1c2nnsc2ncn1CCCn1ccnc1. The Kier molecular flexibility index (Phi) is 2.85. The Balaban J connectivity index is 1.74. The van der Waals surface area contributed by atoms with Crippen LogP contribution in [0, 0.1) is 0 Å². The van der Waals surface area contributed by atoms with Gasteiger partial charge in [0.2, 0.25) is 0 Å². The second-order valence-corrected chi connectivity index (χ2v) is 4.56. The molecule has 0 bridgehead atoms. The molecule has 18 heavy (non-hydrogen) atoms. The third-order valence-electron chi connectivity index (χ3n) is 2.62. The van der Waals surface area contributed by atoms with E-state index in [0.717, 1.165) is 24.5 Å². The normalized spacial score (nSPS) is 11.1. The summed E-state index contributed by atoms with van der Waals surface area (Å²) in [5.41, 5.74) is 0.226. The van der Waals surface area contributed by atoms with Gasteiger partial charge in [0.05, 0.1) is 12.7 Å². The van der Waals surface area contributed by atoms with E-state index in [1.54, 1.807) is 23.4 Å². The van der Waals surface area contributed by atoms with Gasteiger partial charge in [-0.3, -0.25) is 9.36 Å². The van der Waals surface area contributed by atoms with Crippen molar-refractivity contribution in [3.05, 3.63) is 35.4 Å². The number of imidazole rings is 1. The Morgan fingerprint density at radius 3 is 3.06 bits per heavy atom. The van der Waals surface area contributed by atoms with Gasteiger partial charge in [-0.1, -0.05) is 4.49 Å². The Hall–Kier alpha value is -2.09. The minimum atomic E-state index is -0.126. The number of nitrogens with zero attached hydrogens (tertiary/aromatic N) is 6. The molecule has 3 aromatic heterocycles. The van der Waals surface area contributed by atoms with Crippen molar-refractivity contribution in [2.75, 3.05) is 0 Å². The van der Waals surface area contributed by atoms with Crippen LogP contribution in [0.15, 0.2) is 29.8 Å². The van der Waals surface area contributed by atoms with E-state index in [-0.39, 0.29) is 5.56 Å². The lowest BCUT2D eigenvalue weighted by Crippen LogP contribution is -2.21. The van der Waals surface area contributed by atoms with Gasteiger partial charge >= 0.3 is 0 Å². The largest absolute Gasteiger partial charge is 0.337 e. The molecule has 3 rings (SSSR count). The van der Waals surface area contributed by atoms with E-state index in [2.05, 4.69) is 19.6 Å². The summed E-state index contributed by atoms with van der Waals surface area (Å²) in [4.78, 5) is 20.7. The van der Waals surface area contributed by atoms with Crippen molar-refractivity contribution in [1.29, 1.82) is 0 Å². The van der Waals surface area contributed by atoms with Gasteiger partial charge in [0.25, 0.3) is 5.56 Å². The van der Waals surface area contributed by atoms with E-state index in [9.17, 15) is 4.79 Å². The van der Waals surface area contributed by atoms with Gasteiger partial charge in [0.15, 0.2) is 10.3 Å². The van der Waals surface area contributed by atoms with Crippen LogP contribution < -0.4 is 5.56 Å². The van der Waals surface area contributed by atoms with E-state index in [1.807, 2.05) is 10.8 Å². The molecule has 0 saturated heterocycles. The van der Waals surface area contributed by atoms with Gasteiger partial charge in [0.1, 0.15) is 0 Å². The Bertz CT molecular complexity index is 701. The fraction of sp³-hybridized carbons (Fsp3) is 0.300. The van der Waals surface area contributed by atoms with Crippen LogP contribution >= 0.6 is 11.5 Å². The predicted molar refractivity (Wildman–Crippen MR) is 66.3 cm³/mol. The third-order valence-corrected chi connectivity index (χ3v) is 3.26. The third kappa shape index (κ3) is 2.02. The van der Waals surface area contributed by atoms with Gasteiger partial charge in [0, 0.05) is 37.0 Å². The van der Waals surface area contributed by atoms with Crippen molar-refractivity contribution in [1.82, 2.24) is 28.7 Å². The van der Waals surface area contributed by atoms with Crippen molar-refractivity contribution in [3.63, 3.8) is 0 Å². The number of aromatic nitrogens is 6. The lowest BCUT2D eigenvalue weighted by Gasteiger charge is -2.04. The fourth-order valence-electron chi connectivity index (χ4n) is 1.72. The molecule has 0 aromatic carbocycles. The smallest absolute Gasteiger partial charge is 0.282 e. The van der Waals surface area contributed by atoms with Crippen LogP contribution in [-0.2, 0) is 13.1 Å². The van der Waals surface area contributed by atoms with Crippen LogP contribution in [-0.4, -0.2) is 28.7 Å². The lowest BCUT2D eigenvalue weighted by molar-refractivity contribution is 0.550. The van der Waals surface area contributed by atoms with Gasteiger partial charge in [-0.05, 0) is 6.42 Å². The Labute approximate surface area is 106 Å². The number of fused-ring (bicyclic) bond motifs is 1. The molecule has 0 aliphatic carbocycles. The molecule has 0 saturated carbocycles. The van der Waals surface area contributed by atoms with Crippen molar-refractivity contribution in [2.45, 2.75) is 19.5 Å². The first-order valence-electron chi connectivity index (χ1n) is 5.48. The van der Waals surface area contributed by atoms with Crippen LogP contribution in [0.3, 0.4) is 0 Å². The summed E-state index contributed by atoms with van der Waals surface area (Å²) in [6, 6.07) is 0. The zero-order valence-electron chi connectivity index (χ0n) is 9.43. The van der Waals surface area contributed by atoms with Crippen molar-refractivity contribution in [3.8, 4) is 0 Å². The quantitative estimate of drug-likeness (QED) is 0.685. The van der Waals surface area contributed by atoms with E-state index >= 15 is 0 Å². The van der Waals surface area contributed by atoms with Crippen molar-refractivity contribution >= 4 is 21.9 Å². The average molecular weight is 262 g/mol. The zero-order valence-corrected chi connectivity index (χ0v) is 10.2. The first kappa shape index (κ1) is 11.0. The minimum Gasteiger partial charge on any atom is -0.337 e. The summed E-state index contributed by atoms with van der Waals surface area (Å²) in [5, 5.41) is 3.79. The van der Waals surface area contributed by atoms with Crippen LogP contribution in [0.25, 0.3) is 10.3 Å².